The molecule has 96 valence electrons. The molecule has 0 saturated carbocycles. The number of aryl methyl sites for hydroxylation is 1. The fourth-order valence-electron chi connectivity index (χ4n) is 1.66. The highest BCUT2D eigenvalue weighted by Crippen LogP contribution is 2.18. The van der Waals surface area contributed by atoms with Crippen molar-refractivity contribution >= 4 is 0 Å². The van der Waals surface area contributed by atoms with E-state index in [0.717, 1.165) is 23.4 Å². The van der Waals surface area contributed by atoms with E-state index in [0.29, 0.717) is 6.61 Å². The van der Waals surface area contributed by atoms with Crippen LogP contribution in [0, 0.1) is 0 Å². The van der Waals surface area contributed by atoms with E-state index in [9.17, 15) is 5.11 Å². The van der Waals surface area contributed by atoms with Gasteiger partial charge in [-0.1, -0.05) is 12.1 Å². The first-order valence-electron chi connectivity index (χ1n) is 6.11. The number of hydrogen-bond acceptors (Lipinski definition) is 3. The van der Waals surface area contributed by atoms with Crippen LogP contribution in [0.3, 0.4) is 0 Å². The number of nitrogens with zero attached hydrogens (tertiary/aromatic N) is 2. The van der Waals surface area contributed by atoms with Gasteiger partial charge in [0.05, 0.1) is 12.3 Å². The van der Waals surface area contributed by atoms with Crippen molar-refractivity contribution in [1.82, 2.24) is 9.78 Å². The van der Waals surface area contributed by atoms with Gasteiger partial charge in [0, 0.05) is 18.3 Å². The quantitative estimate of drug-likeness (QED) is 0.882. The first-order chi connectivity index (χ1) is 8.69. The number of ether oxygens (including phenoxy) is 1. The zero-order valence-corrected chi connectivity index (χ0v) is 10.7. The van der Waals surface area contributed by atoms with Crippen LogP contribution in [0.5, 0.6) is 5.75 Å². The summed E-state index contributed by atoms with van der Waals surface area (Å²) in [5.41, 5.74) is 1.94. The van der Waals surface area contributed by atoms with Crippen LogP contribution in [0.25, 0.3) is 0 Å². The van der Waals surface area contributed by atoms with Gasteiger partial charge in [-0.2, -0.15) is 5.10 Å². The summed E-state index contributed by atoms with van der Waals surface area (Å²) in [4.78, 5) is 0. The summed E-state index contributed by atoms with van der Waals surface area (Å²) >= 11 is 0. The largest absolute Gasteiger partial charge is 0.489 e. The van der Waals surface area contributed by atoms with E-state index >= 15 is 0 Å². The summed E-state index contributed by atoms with van der Waals surface area (Å²) in [7, 11) is 0. The minimum atomic E-state index is -0.443. The molecular formula is C14H18N2O2. The molecule has 1 unspecified atom stereocenters. The van der Waals surface area contributed by atoms with Crippen molar-refractivity contribution in [2.24, 2.45) is 0 Å². The molecule has 2 aromatic rings. The molecule has 4 heteroatoms. The first-order valence-corrected chi connectivity index (χ1v) is 6.11. The third-order valence-corrected chi connectivity index (χ3v) is 2.78. The van der Waals surface area contributed by atoms with Crippen LogP contribution in [0.1, 0.15) is 31.1 Å². The third kappa shape index (κ3) is 3.11. The Morgan fingerprint density at radius 3 is 2.61 bits per heavy atom. The summed E-state index contributed by atoms with van der Waals surface area (Å²) in [6.07, 6.45) is 3.35. The summed E-state index contributed by atoms with van der Waals surface area (Å²) in [5.74, 6) is 0.795. The van der Waals surface area contributed by atoms with Gasteiger partial charge in [-0.3, -0.25) is 4.68 Å². The van der Waals surface area contributed by atoms with Gasteiger partial charge in [-0.05, 0) is 31.5 Å². The fourth-order valence-corrected chi connectivity index (χ4v) is 1.66. The Balaban J connectivity index is 1.93. The van der Waals surface area contributed by atoms with Crippen molar-refractivity contribution < 1.29 is 9.84 Å². The second-order valence-electron chi connectivity index (χ2n) is 4.24. The van der Waals surface area contributed by atoms with E-state index in [2.05, 4.69) is 5.10 Å². The monoisotopic (exact) mass is 246 g/mol. The molecule has 0 radical (unpaired) electrons. The summed E-state index contributed by atoms with van der Waals surface area (Å²) < 4.78 is 7.52. The van der Waals surface area contributed by atoms with Crippen molar-refractivity contribution in [2.75, 3.05) is 0 Å². The number of benzene rings is 1. The summed E-state index contributed by atoms with van der Waals surface area (Å²) in [6, 6.07) is 7.48. The van der Waals surface area contributed by atoms with Crippen LogP contribution < -0.4 is 4.74 Å². The minimum Gasteiger partial charge on any atom is -0.489 e. The molecule has 0 amide bonds. The molecule has 0 aliphatic heterocycles. The van der Waals surface area contributed by atoms with Gasteiger partial charge in [0.25, 0.3) is 0 Å². The minimum absolute atomic E-state index is 0.443. The van der Waals surface area contributed by atoms with Gasteiger partial charge in [0.2, 0.25) is 0 Å². The smallest absolute Gasteiger partial charge is 0.119 e. The lowest BCUT2D eigenvalue weighted by atomic mass is 10.1. The maximum atomic E-state index is 9.40. The molecule has 18 heavy (non-hydrogen) atoms. The van der Waals surface area contributed by atoms with Gasteiger partial charge in [0.15, 0.2) is 0 Å². The van der Waals surface area contributed by atoms with E-state index in [-0.39, 0.29) is 0 Å². The molecule has 0 bridgehead atoms. The molecule has 1 aromatic carbocycles. The Morgan fingerprint density at radius 2 is 2.06 bits per heavy atom. The van der Waals surface area contributed by atoms with E-state index < -0.39 is 6.10 Å². The van der Waals surface area contributed by atoms with Gasteiger partial charge < -0.3 is 9.84 Å². The van der Waals surface area contributed by atoms with Gasteiger partial charge in [0.1, 0.15) is 12.4 Å². The van der Waals surface area contributed by atoms with Crippen LogP contribution in [0.4, 0.5) is 0 Å². The normalized spacial score (nSPS) is 12.4. The molecule has 0 aliphatic rings. The average Bonchev–Trinajstić information content (AvgIpc) is 2.85. The highest BCUT2D eigenvalue weighted by Gasteiger charge is 2.02. The molecule has 0 saturated heterocycles. The predicted octanol–water partition coefficient (Wildman–Crippen LogP) is 2.54. The van der Waals surface area contributed by atoms with Crippen LogP contribution in [0.2, 0.25) is 0 Å². The van der Waals surface area contributed by atoms with Crippen LogP contribution in [0.15, 0.2) is 36.7 Å². The Bertz CT molecular complexity index is 489. The first kappa shape index (κ1) is 12.6. The topological polar surface area (TPSA) is 47.3 Å². The van der Waals surface area contributed by atoms with Gasteiger partial charge >= 0.3 is 0 Å². The van der Waals surface area contributed by atoms with Crippen LogP contribution in [-0.2, 0) is 13.2 Å². The zero-order valence-electron chi connectivity index (χ0n) is 10.7. The van der Waals surface area contributed by atoms with Gasteiger partial charge in [-0.25, -0.2) is 0 Å². The number of hydrogen-bond donors (Lipinski definition) is 1. The van der Waals surface area contributed by atoms with E-state index in [1.807, 2.05) is 48.3 Å². The van der Waals surface area contributed by atoms with Crippen molar-refractivity contribution in [2.45, 2.75) is 33.1 Å². The van der Waals surface area contributed by atoms with Crippen LogP contribution >= 0.6 is 0 Å². The number of aromatic nitrogens is 2. The molecule has 0 fully saturated rings. The molecule has 4 nitrogen and oxygen atoms in total. The van der Waals surface area contributed by atoms with Crippen molar-refractivity contribution in [3.05, 3.63) is 47.8 Å². The highest BCUT2D eigenvalue weighted by molar-refractivity contribution is 5.28. The van der Waals surface area contributed by atoms with E-state index in [4.69, 9.17) is 4.74 Å². The Labute approximate surface area is 107 Å². The Kier molecular flexibility index (Phi) is 3.99. The van der Waals surface area contributed by atoms with E-state index in [1.54, 1.807) is 6.92 Å². The Morgan fingerprint density at radius 1 is 1.33 bits per heavy atom. The van der Waals surface area contributed by atoms with Gasteiger partial charge in [-0.15, -0.1) is 0 Å². The molecule has 1 aromatic heterocycles. The summed E-state index contributed by atoms with van der Waals surface area (Å²) in [5, 5.41) is 13.6. The Hall–Kier alpha value is -1.81. The zero-order chi connectivity index (χ0) is 13.0. The van der Waals surface area contributed by atoms with E-state index in [1.165, 1.54) is 0 Å². The lowest BCUT2D eigenvalue weighted by Crippen LogP contribution is -1.96. The molecule has 1 heterocycles. The number of rotatable bonds is 5. The summed E-state index contributed by atoms with van der Waals surface area (Å²) in [6.45, 7) is 5.17. The SMILES string of the molecule is CCn1cc(COc2ccc(C(C)O)cc2)cn1. The lowest BCUT2D eigenvalue weighted by Gasteiger charge is -2.07. The predicted molar refractivity (Wildman–Crippen MR) is 69.3 cm³/mol. The molecule has 1 N–H and O–H groups in total. The molecular weight excluding hydrogens is 228 g/mol. The number of aliphatic hydroxyl groups excluding tert-OH is 1. The lowest BCUT2D eigenvalue weighted by molar-refractivity contribution is 0.199. The third-order valence-electron chi connectivity index (χ3n) is 2.78. The fraction of sp³-hybridized carbons (Fsp3) is 0.357. The maximum Gasteiger partial charge on any atom is 0.119 e. The van der Waals surface area contributed by atoms with Crippen molar-refractivity contribution in [3.63, 3.8) is 0 Å². The average molecular weight is 246 g/mol. The second-order valence-corrected chi connectivity index (χ2v) is 4.24. The molecule has 0 spiro atoms. The molecule has 2 rings (SSSR count). The highest BCUT2D eigenvalue weighted by atomic mass is 16.5. The molecule has 0 aliphatic carbocycles. The van der Waals surface area contributed by atoms with Crippen molar-refractivity contribution in [3.8, 4) is 5.75 Å². The standard InChI is InChI=1S/C14H18N2O2/c1-3-16-9-12(8-15-16)10-18-14-6-4-13(5-7-14)11(2)17/h4-9,11,17H,3,10H2,1-2H3. The maximum absolute atomic E-state index is 9.40. The molecule has 1 atom stereocenters. The van der Waals surface area contributed by atoms with Crippen molar-refractivity contribution in [1.29, 1.82) is 0 Å². The number of aliphatic hydroxyl groups is 1. The van der Waals surface area contributed by atoms with Crippen LogP contribution in [-0.4, -0.2) is 14.9 Å². The second kappa shape index (κ2) is 5.69.